The normalized spacial score (nSPS) is 21.6. The molecule has 1 aromatic heterocycles. The molecule has 2 aliphatic heterocycles. The fourth-order valence-electron chi connectivity index (χ4n) is 4.33. The molecule has 3 aromatic rings. The van der Waals surface area contributed by atoms with E-state index >= 15 is 0 Å². The van der Waals surface area contributed by atoms with Crippen LogP contribution in [0.1, 0.15) is 33.6 Å². The van der Waals surface area contributed by atoms with Crippen LogP contribution in [-0.2, 0) is 14.3 Å². The number of hydrogen-bond acceptors (Lipinski definition) is 7. The Morgan fingerprint density at radius 2 is 1.79 bits per heavy atom. The number of amides is 2. The van der Waals surface area contributed by atoms with Gasteiger partial charge in [-0.15, -0.1) is 0 Å². The third kappa shape index (κ3) is 3.80. The highest BCUT2D eigenvalue weighted by Gasteiger charge is 2.55. The van der Waals surface area contributed by atoms with E-state index < -0.39 is 34.9 Å². The zero-order chi connectivity index (χ0) is 23.8. The van der Waals surface area contributed by atoms with Crippen LogP contribution in [0.3, 0.4) is 0 Å². The molecule has 0 spiro atoms. The third-order valence-corrected chi connectivity index (χ3v) is 8.23. The molecule has 34 heavy (non-hydrogen) atoms. The van der Waals surface area contributed by atoms with Crippen LogP contribution in [-0.4, -0.2) is 34.6 Å². The number of benzene rings is 2. The van der Waals surface area contributed by atoms with Crippen molar-refractivity contribution < 1.29 is 19.1 Å². The minimum atomic E-state index is -0.717. The van der Waals surface area contributed by atoms with E-state index in [0.717, 1.165) is 26.7 Å². The van der Waals surface area contributed by atoms with Gasteiger partial charge in [-0.05, 0) is 24.6 Å². The molecule has 5 rings (SSSR count). The highest BCUT2D eigenvalue weighted by atomic mass is 32.2. The number of fused-ring (bicyclic) bond motifs is 2. The summed E-state index contributed by atoms with van der Waals surface area (Å²) in [5.41, 5.74) is 1.32. The minimum Gasteiger partial charge on any atom is -0.462 e. The molecule has 3 heterocycles. The lowest BCUT2D eigenvalue weighted by atomic mass is 9.88. The molecule has 1 N–H and O–H groups in total. The summed E-state index contributed by atoms with van der Waals surface area (Å²) in [6.07, 6.45) is 3.79. The lowest BCUT2D eigenvalue weighted by Crippen LogP contribution is -2.33. The van der Waals surface area contributed by atoms with E-state index in [1.807, 2.05) is 42.5 Å². The Kier molecular flexibility index (Phi) is 5.97. The minimum absolute atomic E-state index is 0.161. The zero-order valence-corrected chi connectivity index (χ0v) is 19.7. The summed E-state index contributed by atoms with van der Waals surface area (Å²) in [6.45, 7) is 1.87. The average molecular weight is 493 g/mol. The number of H-pyrrole nitrogens is 1. The van der Waals surface area contributed by atoms with Gasteiger partial charge in [-0.2, -0.15) is 0 Å². The molecule has 2 amide bonds. The van der Waals surface area contributed by atoms with Gasteiger partial charge in [0.05, 0.1) is 28.8 Å². The Morgan fingerprint density at radius 3 is 2.56 bits per heavy atom. The number of anilines is 1. The molecule has 7 nitrogen and oxygen atoms in total. The van der Waals surface area contributed by atoms with Crippen molar-refractivity contribution in [3.63, 3.8) is 0 Å². The van der Waals surface area contributed by atoms with Crippen molar-refractivity contribution >= 4 is 52.6 Å². The van der Waals surface area contributed by atoms with E-state index in [4.69, 9.17) is 4.74 Å². The summed E-state index contributed by atoms with van der Waals surface area (Å²) in [7, 11) is 0. The number of allylic oxidation sites excluding steroid dienone is 1. The van der Waals surface area contributed by atoms with Crippen molar-refractivity contribution in [3.05, 3.63) is 86.3 Å². The standard InChI is InChI=1S/C25H20N2O5S2/c1-2-32-24(30)15-10-6-7-11-17(15)27-22(28)18-16(13-12-14-8-4-3-5-9-14)19-21(26-25(31)34-19)33-20(18)23(27)29/h3-13,16,18,20H,2H2,1H3,(H,26,31)/b13-12+/t16-,18-,20-/m0/s1. The predicted octanol–water partition coefficient (Wildman–Crippen LogP) is 4.07. The number of nitrogens with zero attached hydrogens (tertiary/aromatic N) is 1. The van der Waals surface area contributed by atoms with E-state index in [2.05, 4.69) is 4.98 Å². The van der Waals surface area contributed by atoms with E-state index in [0.29, 0.717) is 5.03 Å². The lowest BCUT2D eigenvalue weighted by molar-refractivity contribution is -0.122. The van der Waals surface area contributed by atoms with Crippen molar-refractivity contribution in [1.82, 2.24) is 4.98 Å². The van der Waals surface area contributed by atoms with Gasteiger partial charge in [0.2, 0.25) is 11.8 Å². The number of rotatable bonds is 5. The molecule has 3 atom stereocenters. The number of aromatic nitrogens is 1. The molecule has 0 radical (unpaired) electrons. The molecule has 0 bridgehead atoms. The van der Waals surface area contributed by atoms with Crippen LogP contribution in [0.4, 0.5) is 5.69 Å². The van der Waals surface area contributed by atoms with Gasteiger partial charge in [0.1, 0.15) is 5.25 Å². The summed E-state index contributed by atoms with van der Waals surface area (Å²) in [4.78, 5) is 56.4. The van der Waals surface area contributed by atoms with Gasteiger partial charge in [0.15, 0.2) is 0 Å². The molecular weight excluding hydrogens is 472 g/mol. The summed E-state index contributed by atoms with van der Waals surface area (Å²) in [5, 5.41) is -0.105. The topological polar surface area (TPSA) is 96.5 Å². The molecule has 0 aliphatic carbocycles. The second kappa shape index (κ2) is 9.08. The maximum Gasteiger partial charge on any atom is 0.340 e. The quantitative estimate of drug-likeness (QED) is 0.426. The number of aromatic amines is 1. The van der Waals surface area contributed by atoms with Gasteiger partial charge < -0.3 is 9.72 Å². The average Bonchev–Trinajstić information content (AvgIpc) is 3.33. The van der Waals surface area contributed by atoms with E-state index in [1.165, 1.54) is 11.8 Å². The number of thiazole rings is 1. The number of carbonyl (C=O) groups is 3. The van der Waals surface area contributed by atoms with Crippen molar-refractivity contribution in [2.75, 3.05) is 11.5 Å². The number of nitrogens with one attached hydrogen (secondary N) is 1. The van der Waals surface area contributed by atoms with Crippen LogP contribution < -0.4 is 9.77 Å². The second-order valence-corrected chi connectivity index (χ2v) is 9.98. The first-order valence-corrected chi connectivity index (χ1v) is 12.5. The van der Waals surface area contributed by atoms with Gasteiger partial charge in [-0.25, -0.2) is 9.69 Å². The highest BCUT2D eigenvalue weighted by Crippen LogP contribution is 2.51. The fraction of sp³-hybridized carbons (Fsp3) is 0.200. The third-order valence-electron chi connectivity index (χ3n) is 5.81. The number of ether oxygens (including phenoxy) is 1. The molecular formula is C25H20N2O5S2. The van der Waals surface area contributed by atoms with Crippen molar-refractivity contribution in [2.45, 2.75) is 23.1 Å². The van der Waals surface area contributed by atoms with E-state index in [1.54, 1.807) is 31.2 Å². The largest absolute Gasteiger partial charge is 0.462 e. The van der Waals surface area contributed by atoms with Gasteiger partial charge in [0.25, 0.3) is 0 Å². The highest BCUT2D eigenvalue weighted by molar-refractivity contribution is 8.00. The SMILES string of the molecule is CCOC(=O)c1ccccc1N1C(=O)[C@@H]2[C@H](Sc3[nH]c(=O)sc3[C@H]2/C=C/c2ccccc2)C1=O. The molecule has 1 fully saturated rings. The van der Waals surface area contributed by atoms with Crippen molar-refractivity contribution in [3.8, 4) is 0 Å². The number of carbonyl (C=O) groups excluding carboxylic acids is 3. The van der Waals surface area contributed by atoms with Gasteiger partial charge >= 0.3 is 10.8 Å². The maximum atomic E-state index is 13.7. The maximum absolute atomic E-state index is 13.7. The van der Waals surface area contributed by atoms with E-state index in [9.17, 15) is 19.2 Å². The number of imide groups is 1. The van der Waals surface area contributed by atoms with Gasteiger partial charge in [0, 0.05) is 10.8 Å². The van der Waals surface area contributed by atoms with Crippen molar-refractivity contribution in [2.24, 2.45) is 5.92 Å². The Labute approximate surface area is 203 Å². The Morgan fingerprint density at radius 1 is 1.06 bits per heavy atom. The first-order valence-electron chi connectivity index (χ1n) is 10.8. The molecule has 2 aromatic carbocycles. The van der Waals surface area contributed by atoms with Gasteiger partial charge in [-0.3, -0.25) is 14.4 Å². The number of esters is 1. The first-order chi connectivity index (χ1) is 16.5. The van der Waals surface area contributed by atoms with Gasteiger partial charge in [-0.1, -0.05) is 77.7 Å². The molecule has 172 valence electrons. The second-order valence-electron chi connectivity index (χ2n) is 7.82. The molecule has 9 heteroatoms. The van der Waals surface area contributed by atoms with Crippen LogP contribution in [0.5, 0.6) is 0 Å². The predicted molar refractivity (Wildman–Crippen MR) is 131 cm³/mol. The molecule has 0 unspecified atom stereocenters. The van der Waals surface area contributed by atoms with Crippen LogP contribution in [0.2, 0.25) is 0 Å². The molecule has 0 saturated carbocycles. The van der Waals surface area contributed by atoms with Crippen LogP contribution in [0, 0.1) is 5.92 Å². The van der Waals surface area contributed by atoms with Crippen LogP contribution >= 0.6 is 23.1 Å². The van der Waals surface area contributed by atoms with Crippen LogP contribution in [0.15, 0.2) is 70.5 Å². The number of hydrogen-bond donors (Lipinski definition) is 1. The Bertz CT molecular complexity index is 1360. The van der Waals surface area contributed by atoms with Crippen LogP contribution in [0.25, 0.3) is 6.08 Å². The van der Waals surface area contributed by atoms with E-state index in [-0.39, 0.29) is 22.7 Å². The lowest BCUT2D eigenvalue weighted by Gasteiger charge is -2.27. The zero-order valence-electron chi connectivity index (χ0n) is 18.1. The molecule has 2 aliphatic rings. The smallest absolute Gasteiger partial charge is 0.340 e. The molecule has 1 saturated heterocycles. The first kappa shape index (κ1) is 22.4. The summed E-state index contributed by atoms with van der Waals surface area (Å²) >= 11 is 2.26. The summed E-state index contributed by atoms with van der Waals surface area (Å²) in [5.74, 6) is -2.56. The summed E-state index contributed by atoms with van der Waals surface area (Å²) in [6, 6.07) is 16.1. The fourth-order valence-corrected chi connectivity index (χ4v) is 6.82. The summed E-state index contributed by atoms with van der Waals surface area (Å²) < 4.78 is 5.13. The monoisotopic (exact) mass is 492 g/mol. The Hall–Kier alpha value is -3.43. The number of para-hydroxylation sites is 1. The number of thioether (sulfide) groups is 1. The Balaban J connectivity index is 1.57. The van der Waals surface area contributed by atoms with Crippen molar-refractivity contribution in [1.29, 1.82) is 0 Å².